The average molecular weight is 193 g/mol. The van der Waals surface area contributed by atoms with Crippen molar-refractivity contribution in [2.75, 3.05) is 0 Å². The van der Waals surface area contributed by atoms with Crippen LogP contribution in [0.1, 0.15) is 30.7 Å². The fourth-order valence-electron chi connectivity index (χ4n) is 1.83. The second kappa shape index (κ2) is 3.97. The van der Waals surface area contributed by atoms with Gasteiger partial charge in [0.05, 0.1) is 0 Å². The van der Waals surface area contributed by atoms with Gasteiger partial charge in [-0.3, -0.25) is 0 Å². The van der Waals surface area contributed by atoms with Gasteiger partial charge in [-0.25, -0.2) is 0 Å². The molecular weight excluding hydrogens is 180 g/mol. The molecule has 1 heteroatoms. The standard InChI is InChI=1S/C12H13Cl/c13-12-8-4-7-11(9-12)10-5-2-1-3-6-10/h2,4-5,7-10H,1,3,6H2/t10-/m1/s1. The Morgan fingerprint density at radius 3 is 2.92 bits per heavy atom. The lowest BCUT2D eigenvalue weighted by molar-refractivity contribution is 0.654. The van der Waals surface area contributed by atoms with Crippen molar-refractivity contribution in [3.63, 3.8) is 0 Å². The summed E-state index contributed by atoms with van der Waals surface area (Å²) in [4.78, 5) is 0. The second-order valence-corrected chi connectivity index (χ2v) is 3.96. The molecule has 68 valence electrons. The largest absolute Gasteiger partial charge is 0.0879 e. The first-order chi connectivity index (χ1) is 6.36. The van der Waals surface area contributed by atoms with E-state index in [0.717, 1.165) is 5.02 Å². The fourth-order valence-corrected chi connectivity index (χ4v) is 2.03. The Hall–Kier alpha value is -0.750. The summed E-state index contributed by atoms with van der Waals surface area (Å²) in [7, 11) is 0. The predicted molar refractivity (Wildman–Crippen MR) is 57.2 cm³/mol. The number of benzene rings is 1. The summed E-state index contributed by atoms with van der Waals surface area (Å²) in [5, 5.41) is 0.844. The Balaban J connectivity index is 2.24. The molecule has 0 aliphatic heterocycles. The molecule has 0 fully saturated rings. The molecule has 1 aliphatic rings. The minimum Gasteiger partial charge on any atom is -0.0879 e. The molecule has 1 aromatic rings. The van der Waals surface area contributed by atoms with Crippen molar-refractivity contribution in [3.05, 3.63) is 47.0 Å². The molecule has 0 radical (unpaired) electrons. The molecule has 0 amide bonds. The topological polar surface area (TPSA) is 0 Å². The summed E-state index contributed by atoms with van der Waals surface area (Å²) < 4.78 is 0. The van der Waals surface area contributed by atoms with Crippen molar-refractivity contribution in [2.45, 2.75) is 25.2 Å². The van der Waals surface area contributed by atoms with E-state index in [0.29, 0.717) is 5.92 Å². The van der Waals surface area contributed by atoms with Crippen molar-refractivity contribution in [3.8, 4) is 0 Å². The van der Waals surface area contributed by atoms with Crippen molar-refractivity contribution in [2.24, 2.45) is 0 Å². The van der Waals surface area contributed by atoms with Crippen LogP contribution in [0.15, 0.2) is 36.4 Å². The number of hydrogen-bond acceptors (Lipinski definition) is 0. The van der Waals surface area contributed by atoms with Gasteiger partial charge in [-0.1, -0.05) is 35.9 Å². The lowest BCUT2D eigenvalue weighted by atomic mass is 9.89. The summed E-state index contributed by atoms with van der Waals surface area (Å²) in [6.07, 6.45) is 8.37. The lowest BCUT2D eigenvalue weighted by Crippen LogP contribution is -1.98. The molecule has 0 N–H and O–H groups in total. The Morgan fingerprint density at radius 2 is 2.23 bits per heavy atom. The van der Waals surface area contributed by atoms with E-state index in [1.807, 2.05) is 12.1 Å². The van der Waals surface area contributed by atoms with Gasteiger partial charge >= 0.3 is 0 Å². The minimum absolute atomic E-state index is 0.590. The predicted octanol–water partition coefficient (Wildman–Crippen LogP) is 4.16. The molecule has 0 saturated carbocycles. The average Bonchev–Trinajstić information content (AvgIpc) is 2.19. The van der Waals surface area contributed by atoms with E-state index in [1.54, 1.807) is 0 Å². The van der Waals surface area contributed by atoms with E-state index in [9.17, 15) is 0 Å². The Labute approximate surface area is 84.2 Å². The van der Waals surface area contributed by atoms with E-state index in [4.69, 9.17) is 11.6 Å². The zero-order valence-electron chi connectivity index (χ0n) is 7.54. The monoisotopic (exact) mass is 192 g/mol. The molecule has 1 aliphatic carbocycles. The Kier molecular flexibility index (Phi) is 2.70. The van der Waals surface area contributed by atoms with Crippen LogP contribution < -0.4 is 0 Å². The fraction of sp³-hybridized carbons (Fsp3) is 0.333. The van der Waals surface area contributed by atoms with Crippen LogP contribution in [0.4, 0.5) is 0 Å². The van der Waals surface area contributed by atoms with E-state index in [-0.39, 0.29) is 0 Å². The van der Waals surface area contributed by atoms with Gasteiger partial charge in [0.15, 0.2) is 0 Å². The summed E-state index contributed by atoms with van der Waals surface area (Å²) in [6, 6.07) is 8.19. The van der Waals surface area contributed by atoms with Crippen molar-refractivity contribution < 1.29 is 0 Å². The zero-order valence-corrected chi connectivity index (χ0v) is 8.30. The summed E-state index contributed by atoms with van der Waals surface area (Å²) >= 11 is 5.94. The molecule has 2 rings (SSSR count). The van der Waals surface area contributed by atoms with E-state index < -0.39 is 0 Å². The third-order valence-electron chi connectivity index (χ3n) is 2.53. The molecule has 0 spiro atoms. The molecular formula is C12H13Cl. The highest BCUT2D eigenvalue weighted by molar-refractivity contribution is 6.30. The second-order valence-electron chi connectivity index (χ2n) is 3.52. The molecule has 0 aromatic heterocycles. The first-order valence-corrected chi connectivity index (χ1v) is 5.16. The SMILES string of the molecule is Clc1cccc([C@@H]2C=CCCC2)c1. The van der Waals surface area contributed by atoms with Crippen LogP contribution in [0.2, 0.25) is 5.02 Å². The first kappa shape index (κ1) is 8.83. The van der Waals surface area contributed by atoms with Crippen molar-refractivity contribution in [1.82, 2.24) is 0 Å². The third-order valence-corrected chi connectivity index (χ3v) is 2.77. The molecule has 0 unspecified atom stereocenters. The van der Waals surface area contributed by atoms with E-state index in [2.05, 4.69) is 24.3 Å². The summed E-state index contributed by atoms with van der Waals surface area (Å²) in [5.74, 6) is 0.590. The van der Waals surface area contributed by atoms with Crippen molar-refractivity contribution >= 4 is 11.6 Å². The normalized spacial score (nSPS) is 21.8. The molecule has 0 heterocycles. The van der Waals surface area contributed by atoms with Crippen LogP contribution in [0.3, 0.4) is 0 Å². The molecule has 0 bridgehead atoms. The number of hydrogen-bond donors (Lipinski definition) is 0. The summed E-state index contributed by atoms with van der Waals surface area (Å²) in [5.41, 5.74) is 1.35. The third kappa shape index (κ3) is 2.13. The van der Waals surface area contributed by atoms with Gasteiger partial charge in [-0.2, -0.15) is 0 Å². The Bertz CT molecular complexity index is 315. The van der Waals surface area contributed by atoms with E-state index >= 15 is 0 Å². The maximum atomic E-state index is 5.94. The number of rotatable bonds is 1. The Morgan fingerprint density at radius 1 is 1.31 bits per heavy atom. The van der Waals surface area contributed by atoms with Gasteiger partial charge < -0.3 is 0 Å². The van der Waals surface area contributed by atoms with Crippen LogP contribution in [-0.4, -0.2) is 0 Å². The molecule has 0 nitrogen and oxygen atoms in total. The maximum Gasteiger partial charge on any atom is 0.0408 e. The van der Waals surface area contributed by atoms with Gasteiger partial charge in [-0.15, -0.1) is 0 Å². The smallest absolute Gasteiger partial charge is 0.0408 e. The zero-order chi connectivity index (χ0) is 9.10. The number of allylic oxidation sites excluding steroid dienone is 2. The summed E-state index contributed by atoms with van der Waals surface area (Å²) in [6.45, 7) is 0. The molecule has 1 aromatic carbocycles. The van der Waals surface area contributed by atoms with Crippen LogP contribution in [0.25, 0.3) is 0 Å². The van der Waals surface area contributed by atoms with Gasteiger partial charge in [0.25, 0.3) is 0 Å². The maximum absolute atomic E-state index is 5.94. The van der Waals surface area contributed by atoms with Gasteiger partial charge in [-0.05, 0) is 37.0 Å². The van der Waals surface area contributed by atoms with Crippen LogP contribution in [0, 0.1) is 0 Å². The molecule has 0 saturated heterocycles. The van der Waals surface area contributed by atoms with Crippen LogP contribution >= 0.6 is 11.6 Å². The van der Waals surface area contributed by atoms with Gasteiger partial charge in [0.1, 0.15) is 0 Å². The highest BCUT2D eigenvalue weighted by atomic mass is 35.5. The highest BCUT2D eigenvalue weighted by Gasteiger charge is 2.10. The van der Waals surface area contributed by atoms with Gasteiger partial charge in [0.2, 0.25) is 0 Å². The van der Waals surface area contributed by atoms with Crippen LogP contribution in [-0.2, 0) is 0 Å². The van der Waals surface area contributed by atoms with E-state index in [1.165, 1.54) is 24.8 Å². The molecule has 1 atom stereocenters. The van der Waals surface area contributed by atoms with Gasteiger partial charge in [0, 0.05) is 10.9 Å². The number of halogens is 1. The quantitative estimate of drug-likeness (QED) is 0.586. The van der Waals surface area contributed by atoms with Crippen LogP contribution in [0.5, 0.6) is 0 Å². The van der Waals surface area contributed by atoms with Crippen molar-refractivity contribution in [1.29, 1.82) is 0 Å². The first-order valence-electron chi connectivity index (χ1n) is 4.78. The highest BCUT2D eigenvalue weighted by Crippen LogP contribution is 2.28. The molecule has 13 heavy (non-hydrogen) atoms. The minimum atomic E-state index is 0.590. The lowest BCUT2D eigenvalue weighted by Gasteiger charge is -2.16.